The summed E-state index contributed by atoms with van der Waals surface area (Å²) in [7, 11) is 0. The Kier molecular flexibility index (Phi) is 3.24. The van der Waals surface area contributed by atoms with Gasteiger partial charge in [0.1, 0.15) is 0 Å². The average Bonchev–Trinajstić information content (AvgIpc) is 2.59. The minimum absolute atomic E-state index is 0.233. The van der Waals surface area contributed by atoms with Gasteiger partial charge in [-0.3, -0.25) is 0 Å². The van der Waals surface area contributed by atoms with Crippen molar-refractivity contribution in [1.82, 2.24) is 5.32 Å². The van der Waals surface area contributed by atoms with Crippen LogP contribution in [0.1, 0.15) is 25.3 Å². The lowest BCUT2D eigenvalue weighted by Gasteiger charge is -2.24. The third kappa shape index (κ3) is 2.66. The molecule has 1 heterocycles. The van der Waals surface area contributed by atoms with Gasteiger partial charge in [0, 0.05) is 5.54 Å². The summed E-state index contributed by atoms with van der Waals surface area (Å²) >= 11 is 11.9. The van der Waals surface area contributed by atoms with E-state index in [1.807, 2.05) is 12.1 Å². The molecule has 15 heavy (non-hydrogen) atoms. The Bertz CT molecular complexity index is 357. The van der Waals surface area contributed by atoms with Crippen LogP contribution < -0.4 is 5.32 Å². The maximum absolute atomic E-state index is 5.99. The molecule has 0 saturated carbocycles. The number of benzene rings is 1. The fourth-order valence-electron chi connectivity index (χ4n) is 2.21. The molecular formula is C12H15Cl2N. The molecule has 2 rings (SSSR count). The van der Waals surface area contributed by atoms with Crippen LogP contribution in [0.5, 0.6) is 0 Å². The highest BCUT2D eigenvalue weighted by Crippen LogP contribution is 2.27. The summed E-state index contributed by atoms with van der Waals surface area (Å²) in [6.07, 6.45) is 3.51. The SMILES string of the molecule is CC1(Cc2ccc(Cl)c(Cl)c2)CCCN1. The van der Waals surface area contributed by atoms with E-state index in [2.05, 4.69) is 18.3 Å². The van der Waals surface area contributed by atoms with E-state index < -0.39 is 0 Å². The predicted molar refractivity (Wildman–Crippen MR) is 65.8 cm³/mol. The molecule has 1 N–H and O–H groups in total. The van der Waals surface area contributed by atoms with Crippen LogP contribution in [0.3, 0.4) is 0 Å². The third-order valence-electron chi connectivity index (χ3n) is 3.04. The largest absolute Gasteiger partial charge is 0.311 e. The summed E-state index contributed by atoms with van der Waals surface area (Å²) in [4.78, 5) is 0. The lowest BCUT2D eigenvalue weighted by molar-refractivity contribution is 0.412. The van der Waals surface area contributed by atoms with E-state index in [0.717, 1.165) is 13.0 Å². The molecule has 1 aliphatic rings. The van der Waals surface area contributed by atoms with E-state index in [0.29, 0.717) is 10.0 Å². The second kappa shape index (κ2) is 4.32. The van der Waals surface area contributed by atoms with E-state index in [1.54, 1.807) is 0 Å². The number of rotatable bonds is 2. The molecule has 1 nitrogen and oxygen atoms in total. The van der Waals surface area contributed by atoms with Gasteiger partial charge in [0.2, 0.25) is 0 Å². The van der Waals surface area contributed by atoms with E-state index in [1.165, 1.54) is 18.4 Å². The maximum atomic E-state index is 5.99. The van der Waals surface area contributed by atoms with Crippen LogP contribution in [-0.4, -0.2) is 12.1 Å². The van der Waals surface area contributed by atoms with Crippen LogP contribution in [-0.2, 0) is 6.42 Å². The first-order chi connectivity index (χ1) is 7.09. The van der Waals surface area contributed by atoms with E-state index >= 15 is 0 Å². The molecule has 0 spiro atoms. The Hall–Kier alpha value is -0.240. The van der Waals surface area contributed by atoms with Gasteiger partial charge in [0.25, 0.3) is 0 Å². The second-order valence-electron chi connectivity index (χ2n) is 4.52. The van der Waals surface area contributed by atoms with Crippen LogP contribution in [0.2, 0.25) is 10.0 Å². The van der Waals surface area contributed by atoms with Crippen molar-refractivity contribution < 1.29 is 0 Å². The molecule has 0 amide bonds. The van der Waals surface area contributed by atoms with E-state index in [-0.39, 0.29) is 5.54 Å². The van der Waals surface area contributed by atoms with Crippen molar-refractivity contribution in [2.24, 2.45) is 0 Å². The van der Waals surface area contributed by atoms with Crippen molar-refractivity contribution in [3.63, 3.8) is 0 Å². The normalized spacial score (nSPS) is 25.8. The third-order valence-corrected chi connectivity index (χ3v) is 3.77. The zero-order valence-corrected chi connectivity index (χ0v) is 10.3. The molecule has 1 aliphatic heterocycles. The van der Waals surface area contributed by atoms with Crippen molar-refractivity contribution in [2.45, 2.75) is 31.7 Å². The van der Waals surface area contributed by atoms with Gasteiger partial charge in [-0.25, -0.2) is 0 Å². The van der Waals surface area contributed by atoms with Gasteiger partial charge in [0.15, 0.2) is 0 Å². The first kappa shape index (κ1) is 11.3. The van der Waals surface area contributed by atoms with Gasteiger partial charge in [0.05, 0.1) is 10.0 Å². The zero-order chi connectivity index (χ0) is 10.9. The monoisotopic (exact) mass is 243 g/mol. The van der Waals surface area contributed by atoms with Crippen molar-refractivity contribution in [1.29, 1.82) is 0 Å². The summed E-state index contributed by atoms with van der Waals surface area (Å²) in [5.41, 5.74) is 1.48. The van der Waals surface area contributed by atoms with Gasteiger partial charge in [-0.2, -0.15) is 0 Å². The van der Waals surface area contributed by atoms with Crippen LogP contribution >= 0.6 is 23.2 Å². The van der Waals surface area contributed by atoms with E-state index in [9.17, 15) is 0 Å². The topological polar surface area (TPSA) is 12.0 Å². The van der Waals surface area contributed by atoms with Crippen molar-refractivity contribution in [3.05, 3.63) is 33.8 Å². The molecule has 1 saturated heterocycles. The van der Waals surface area contributed by atoms with Gasteiger partial charge in [-0.15, -0.1) is 0 Å². The van der Waals surface area contributed by atoms with Crippen LogP contribution in [0.25, 0.3) is 0 Å². The number of hydrogen-bond acceptors (Lipinski definition) is 1. The summed E-state index contributed by atoms with van der Waals surface area (Å²) < 4.78 is 0. The second-order valence-corrected chi connectivity index (χ2v) is 5.33. The summed E-state index contributed by atoms with van der Waals surface area (Å²) in [5.74, 6) is 0. The molecule has 3 heteroatoms. The molecule has 0 bridgehead atoms. The average molecular weight is 244 g/mol. The smallest absolute Gasteiger partial charge is 0.0595 e. The molecule has 0 aromatic heterocycles. The number of halogens is 2. The molecule has 1 fully saturated rings. The lowest BCUT2D eigenvalue weighted by Crippen LogP contribution is -2.38. The van der Waals surface area contributed by atoms with Gasteiger partial charge in [-0.05, 0) is 50.4 Å². The first-order valence-corrected chi connectivity index (χ1v) is 6.04. The Morgan fingerprint density at radius 1 is 1.33 bits per heavy atom. The first-order valence-electron chi connectivity index (χ1n) is 5.28. The van der Waals surface area contributed by atoms with Gasteiger partial charge < -0.3 is 5.32 Å². The molecule has 1 atom stereocenters. The summed E-state index contributed by atoms with van der Waals surface area (Å²) in [6, 6.07) is 5.89. The molecule has 0 aliphatic carbocycles. The van der Waals surface area contributed by atoms with Crippen LogP contribution in [0.15, 0.2) is 18.2 Å². The summed E-state index contributed by atoms with van der Waals surface area (Å²) in [6.45, 7) is 3.39. The van der Waals surface area contributed by atoms with Crippen molar-refractivity contribution in [2.75, 3.05) is 6.54 Å². The molecule has 82 valence electrons. The minimum atomic E-state index is 0.233. The Morgan fingerprint density at radius 3 is 2.73 bits per heavy atom. The van der Waals surface area contributed by atoms with Gasteiger partial charge in [-0.1, -0.05) is 29.3 Å². The van der Waals surface area contributed by atoms with Crippen LogP contribution in [0.4, 0.5) is 0 Å². The molecular weight excluding hydrogens is 229 g/mol. The highest BCUT2D eigenvalue weighted by molar-refractivity contribution is 6.42. The number of nitrogens with one attached hydrogen (secondary N) is 1. The highest BCUT2D eigenvalue weighted by atomic mass is 35.5. The van der Waals surface area contributed by atoms with Crippen LogP contribution in [0, 0.1) is 0 Å². The fourth-order valence-corrected chi connectivity index (χ4v) is 2.53. The molecule has 1 aromatic rings. The molecule has 0 radical (unpaired) electrons. The van der Waals surface area contributed by atoms with Crippen molar-refractivity contribution in [3.8, 4) is 0 Å². The van der Waals surface area contributed by atoms with Gasteiger partial charge >= 0.3 is 0 Å². The Balaban J connectivity index is 2.13. The fraction of sp³-hybridized carbons (Fsp3) is 0.500. The standard InChI is InChI=1S/C12H15Cl2N/c1-12(5-2-6-15-12)8-9-3-4-10(13)11(14)7-9/h3-4,7,15H,2,5-6,8H2,1H3. The highest BCUT2D eigenvalue weighted by Gasteiger charge is 2.27. The Morgan fingerprint density at radius 2 is 2.13 bits per heavy atom. The zero-order valence-electron chi connectivity index (χ0n) is 8.82. The minimum Gasteiger partial charge on any atom is -0.311 e. The molecule has 1 unspecified atom stereocenters. The molecule has 1 aromatic carbocycles. The lowest BCUT2D eigenvalue weighted by atomic mass is 9.91. The maximum Gasteiger partial charge on any atom is 0.0595 e. The predicted octanol–water partition coefficient (Wildman–Crippen LogP) is 3.68. The Labute approximate surface area is 101 Å². The van der Waals surface area contributed by atoms with Crippen molar-refractivity contribution >= 4 is 23.2 Å². The van der Waals surface area contributed by atoms with E-state index in [4.69, 9.17) is 23.2 Å². The summed E-state index contributed by atoms with van der Waals surface area (Å²) in [5, 5.41) is 4.82. The number of hydrogen-bond donors (Lipinski definition) is 1. The quantitative estimate of drug-likeness (QED) is 0.836.